The predicted molar refractivity (Wildman–Crippen MR) is 99.6 cm³/mol. The van der Waals surface area contributed by atoms with Gasteiger partial charge in [-0.05, 0) is 48.4 Å². The summed E-state index contributed by atoms with van der Waals surface area (Å²) in [4.78, 5) is 12.4. The molecule has 0 aliphatic heterocycles. The molecule has 0 aliphatic rings. The maximum atomic E-state index is 12.4. The number of methoxy groups -OCH3 is 2. The third-order valence-corrected chi connectivity index (χ3v) is 4.02. The van der Waals surface area contributed by atoms with Gasteiger partial charge in [0.15, 0.2) is 11.5 Å². The maximum absolute atomic E-state index is 12.4. The van der Waals surface area contributed by atoms with E-state index < -0.39 is 5.91 Å². The Morgan fingerprint density at radius 1 is 1.23 bits per heavy atom. The second-order valence-electron chi connectivity index (χ2n) is 5.36. The average Bonchev–Trinajstić information content (AvgIpc) is 2.63. The number of aryl methyl sites for hydroxylation is 1. The molecular weight excluding hydrogens is 356 g/mol. The molecule has 0 heterocycles. The third-order valence-electron chi connectivity index (χ3n) is 3.61. The van der Waals surface area contributed by atoms with Crippen molar-refractivity contribution in [2.75, 3.05) is 19.5 Å². The molecule has 2 aromatic carbocycles. The van der Waals surface area contributed by atoms with Gasteiger partial charge in [0.2, 0.25) is 5.75 Å². The van der Waals surface area contributed by atoms with Crippen LogP contribution in [0.25, 0.3) is 6.08 Å². The van der Waals surface area contributed by atoms with Crippen molar-refractivity contribution in [2.24, 2.45) is 0 Å². The highest BCUT2D eigenvalue weighted by atomic mass is 35.5. The predicted octanol–water partition coefficient (Wildman–Crippen LogP) is 3.92. The lowest BCUT2D eigenvalue weighted by Crippen LogP contribution is -2.13. The number of benzene rings is 2. The normalized spacial score (nSPS) is 10.8. The van der Waals surface area contributed by atoms with Gasteiger partial charge in [0.1, 0.15) is 11.6 Å². The number of nitrogens with zero attached hydrogens (tertiary/aromatic N) is 1. The van der Waals surface area contributed by atoms with Crippen LogP contribution in [0, 0.1) is 18.3 Å². The van der Waals surface area contributed by atoms with Gasteiger partial charge in [0.05, 0.1) is 14.2 Å². The lowest BCUT2D eigenvalue weighted by atomic mass is 10.1. The molecule has 0 bridgehead atoms. The SMILES string of the molecule is COc1cc(/C=C(/C#N)C(=O)Nc2ccc(C)c(Cl)c2)cc(OC)c1O. The Hall–Kier alpha value is -3.17. The van der Waals surface area contributed by atoms with E-state index >= 15 is 0 Å². The standard InChI is InChI=1S/C19H17ClN2O4/c1-11-4-5-14(9-15(11)20)22-19(24)13(10-21)6-12-7-16(25-2)18(23)17(8-12)26-3/h4-9,23H,1-3H3,(H,22,24)/b13-6-. The van der Waals surface area contributed by atoms with Crippen LogP contribution in [0.2, 0.25) is 5.02 Å². The number of hydrogen-bond donors (Lipinski definition) is 2. The summed E-state index contributed by atoms with van der Waals surface area (Å²) in [6.07, 6.45) is 1.37. The van der Waals surface area contributed by atoms with Gasteiger partial charge in [0, 0.05) is 10.7 Å². The van der Waals surface area contributed by atoms with Crippen molar-refractivity contribution in [3.8, 4) is 23.3 Å². The number of amides is 1. The van der Waals surface area contributed by atoms with Gasteiger partial charge >= 0.3 is 0 Å². The van der Waals surface area contributed by atoms with Crippen molar-refractivity contribution in [1.82, 2.24) is 0 Å². The van der Waals surface area contributed by atoms with Crippen LogP contribution in [-0.4, -0.2) is 25.2 Å². The zero-order chi connectivity index (χ0) is 19.3. The van der Waals surface area contributed by atoms with Crippen molar-refractivity contribution in [1.29, 1.82) is 5.26 Å². The van der Waals surface area contributed by atoms with Gasteiger partial charge in [0.25, 0.3) is 5.91 Å². The Kier molecular flexibility index (Phi) is 6.10. The van der Waals surface area contributed by atoms with Gasteiger partial charge in [-0.1, -0.05) is 17.7 Å². The molecule has 2 rings (SSSR count). The van der Waals surface area contributed by atoms with Gasteiger partial charge < -0.3 is 19.9 Å². The molecule has 26 heavy (non-hydrogen) atoms. The fourth-order valence-electron chi connectivity index (χ4n) is 2.18. The van der Waals surface area contributed by atoms with E-state index in [2.05, 4.69) is 5.32 Å². The van der Waals surface area contributed by atoms with E-state index in [9.17, 15) is 15.2 Å². The van der Waals surface area contributed by atoms with E-state index in [1.54, 1.807) is 18.2 Å². The Morgan fingerprint density at radius 3 is 2.35 bits per heavy atom. The maximum Gasteiger partial charge on any atom is 0.266 e. The quantitative estimate of drug-likeness (QED) is 0.613. The number of anilines is 1. The topological polar surface area (TPSA) is 91.6 Å². The highest BCUT2D eigenvalue weighted by Crippen LogP contribution is 2.37. The number of halogens is 1. The summed E-state index contributed by atoms with van der Waals surface area (Å²) in [6.45, 7) is 1.85. The molecule has 0 fully saturated rings. The highest BCUT2D eigenvalue weighted by Gasteiger charge is 2.14. The smallest absolute Gasteiger partial charge is 0.266 e. The van der Waals surface area contributed by atoms with E-state index in [0.29, 0.717) is 16.3 Å². The third kappa shape index (κ3) is 4.26. The van der Waals surface area contributed by atoms with Crippen molar-refractivity contribution in [2.45, 2.75) is 6.92 Å². The Morgan fingerprint density at radius 2 is 1.85 bits per heavy atom. The molecule has 0 radical (unpaired) electrons. The fourth-order valence-corrected chi connectivity index (χ4v) is 2.36. The molecule has 6 nitrogen and oxygen atoms in total. The largest absolute Gasteiger partial charge is 0.502 e. The molecule has 2 aromatic rings. The Bertz CT molecular complexity index is 891. The first-order valence-corrected chi connectivity index (χ1v) is 7.91. The lowest BCUT2D eigenvalue weighted by Gasteiger charge is -2.10. The molecule has 0 aromatic heterocycles. The Labute approximate surface area is 156 Å². The molecule has 0 unspecified atom stereocenters. The number of phenolic OH excluding ortho intramolecular Hbond substituents is 1. The molecule has 0 spiro atoms. The van der Waals surface area contributed by atoms with Gasteiger partial charge in [-0.25, -0.2) is 0 Å². The molecule has 0 saturated heterocycles. The van der Waals surface area contributed by atoms with E-state index in [0.717, 1.165) is 5.56 Å². The minimum atomic E-state index is -0.585. The Balaban J connectivity index is 2.33. The second kappa shape index (κ2) is 8.28. The van der Waals surface area contributed by atoms with Crippen LogP contribution in [-0.2, 0) is 4.79 Å². The summed E-state index contributed by atoms with van der Waals surface area (Å²) in [6, 6.07) is 9.91. The number of ether oxygens (including phenoxy) is 2. The molecule has 1 amide bonds. The summed E-state index contributed by atoms with van der Waals surface area (Å²) < 4.78 is 10.1. The van der Waals surface area contributed by atoms with E-state index in [1.165, 1.54) is 32.4 Å². The van der Waals surface area contributed by atoms with Gasteiger partial charge in [-0.15, -0.1) is 0 Å². The van der Waals surface area contributed by atoms with Crippen LogP contribution >= 0.6 is 11.6 Å². The zero-order valence-corrected chi connectivity index (χ0v) is 15.2. The van der Waals surface area contributed by atoms with Crippen LogP contribution in [0.1, 0.15) is 11.1 Å². The minimum Gasteiger partial charge on any atom is -0.502 e. The van der Waals surface area contributed by atoms with E-state index in [4.69, 9.17) is 21.1 Å². The van der Waals surface area contributed by atoms with Gasteiger partial charge in [-0.2, -0.15) is 5.26 Å². The van der Waals surface area contributed by atoms with Crippen molar-refractivity contribution in [3.05, 3.63) is 52.1 Å². The number of aromatic hydroxyl groups is 1. The molecular formula is C19H17ClN2O4. The average molecular weight is 373 g/mol. The number of nitriles is 1. The number of carbonyl (C=O) groups is 1. The van der Waals surface area contributed by atoms with Crippen LogP contribution in [0.15, 0.2) is 35.9 Å². The van der Waals surface area contributed by atoms with E-state index in [-0.39, 0.29) is 22.8 Å². The highest BCUT2D eigenvalue weighted by molar-refractivity contribution is 6.31. The number of phenols is 1. The van der Waals surface area contributed by atoms with Crippen molar-refractivity contribution >= 4 is 29.3 Å². The molecule has 0 atom stereocenters. The first-order valence-electron chi connectivity index (χ1n) is 7.54. The number of hydrogen-bond acceptors (Lipinski definition) is 5. The summed E-state index contributed by atoms with van der Waals surface area (Å²) in [5.74, 6) is -0.417. The summed E-state index contributed by atoms with van der Waals surface area (Å²) in [7, 11) is 2.78. The first-order chi connectivity index (χ1) is 12.4. The fraction of sp³-hybridized carbons (Fsp3) is 0.158. The summed E-state index contributed by atoms with van der Waals surface area (Å²) in [5, 5.41) is 22.4. The summed E-state index contributed by atoms with van der Waals surface area (Å²) in [5.41, 5.74) is 1.69. The van der Waals surface area contributed by atoms with Crippen LogP contribution in [0.5, 0.6) is 17.2 Å². The molecule has 134 valence electrons. The monoisotopic (exact) mass is 372 g/mol. The summed E-state index contributed by atoms with van der Waals surface area (Å²) >= 11 is 6.04. The molecule has 2 N–H and O–H groups in total. The molecule has 0 aliphatic carbocycles. The molecule has 7 heteroatoms. The zero-order valence-electron chi connectivity index (χ0n) is 14.5. The lowest BCUT2D eigenvalue weighted by molar-refractivity contribution is -0.112. The number of carbonyl (C=O) groups excluding carboxylic acids is 1. The van der Waals surface area contributed by atoms with Crippen molar-refractivity contribution < 1.29 is 19.4 Å². The second-order valence-corrected chi connectivity index (χ2v) is 5.77. The van der Waals surface area contributed by atoms with Gasteiger partial charge in [-0.3, -0.25) is 4.79 Å². The van der Waals surface area contributed by atoms with Crippen LogP contribution in [0.3, 0.4) is 0 Å². The number of nitrogens with one attached hydrogen (secondary N) is 1. The first kappa shape index (κ1) is 19.2. The van der Waals surface area contributed by atoms with Crippen LogP contribution in [0.4, 0.5) is 5.69 Å². The minimum absolute atomic E-state index is 0.128. The van der Waals surface area contributed by atoms with E-state index in [1.807, 2.05) is 13.0 Å². The number of rotatable bonds is 5. The molecule has 0 saturated carbocycles. The van der Waals surface area contributed by atoms with Crippen LogP contribution < -0.4 is 14.8 Å². The van der Waals surface area contributed by atoms with Crippen molar-refractivity contribution in [3.63, 3.8) is 0 Å².